The van der Waals surface area contributed by atoms with Crippen LogP contribution >= 0.6 is 0 Å². The van der Waals surface area contributed by atoms with E-state index in [1.165, 1.54) is 36.4 Å². The molecule has 0 fully saturated rings. The van der Waals surface area contributed by atoms with Crippen molar-refractivity contribution >= 4 is 16.8 Å². The Morgan fingerprint density at radius 3 is 2.38 bits per heavy atom. The molecule has 1 amide bonds. The number of rotatable bonds is 0. The lowest BCUT2D eigenvalue weighted by atomic mass is 9.80. The lowest BCUT2D eigenvalue weighted by molar-refractivity contribution is -0.213. The van der Waals surface area contributed by atoms with Crippen molar-refractivity contribution in [1.82, 2.24) is 9.88 Å². The van der Waals surface area contributed by atoms with E-state index in [0.29, 0.717) is 0 Å². The molecule has 150 valence electrons. The lowest BCUT2D eigenvalue weighted by Gasteiger charge is -2.43. The van der Waals surface area contributed by atoms with Crippen molar-refractivity contribution < 1.29 is 31.1 Å². The van der Waals surface area contributed by atoms with Gasteiger partial charge in [0.1, 0.15) is 0 Å². The molecule has 0 aliphatic carbocycles. The molecule has 0 saturated carbocycles. The number of benzene rings is 2. The van der Waals surface area contributed by atoms with Gasteiger partial charge in [-0.25, -0.2) is 0 Å². The van der Waals surface area contributed by atoms with Gasteiger partial charge in [-0.05, 0) is 24.1 Å². The molecular formula is C20H12F6N2O. The first-order chi connectivity index (χ1) is 13.6. The van der Waals surface area contributed by atoms with Crippen LogP contribution in [0.3, 0.4) is 0 Å². The number of amides is 1. The van der Waals surface area contributed by atoms with Crippen LogP contribution in [0.15, 0.2) is 42.5 Å². The van der Waals surface area contributed by atoms with E-state index in [4.69, 9.17) is 0 Å². The van der Waals surface area contributed by atoms with Crippen LogP contribution in [0.1, 0.15) is 32.7 Å². The van der Waals surface area contributed by atoms with Crippen molar-refractivity contribution in [2.24, 2.45) is 0 Å². The predicted molar refractivity (Wildman–Crippen MR) is 91.3 cm³/mol. The van der Waals surface area contributed by atoms with Crippen molar-refractivity contribution in [2.45, 2.75) is 24.3 Å². The van der Waals surface area contributed by atoms with Crippen LogP contribution < -0.4 is 0 Å². The van der Waals surface area contributed by atoms with Crippen LogP contribution in [0.5, 0.6) is 0 Å². The number of alkyl halides is 6. The van der Waals surface area contributed by atoms with Crippen molar-refractivity contribution in [2.75, 3.05) is 6.54 Å². The van der Waals surface area contributed by atoms with E-state index >= 15 is 0 Å². The Kier molecular flexibility index (Phi) is 3.33. The molecule has 29 heavy (non-hydrogen) atoms. The standard InChI is InChI=1S/C20H12F6N2O/c21-19(22,23)14-7-3-5-10-11-8-9-28-17(29)12-4-1-2-6-13(12)18(28,20(24,25)26)16(11)27-15(10)14/h1-7,27H,8-9H2. The van der Waals surface area contributed by atoms with Crippen LogP contribution in [0.4, 0.5) is 26.3 Å². The second-order valence-electron chi connectivity index (χ2n) is 7.16. The second kappa shape index (κ2) is 5.34. The molecule has 1 N–H and O–H groups in total. The summed E-state index contributed by atoms with van der Waals surface area (Å²) in [6, 6.07) is 8.77. The van der Waals surface area contributed by atoms with Crippen LogP contribution in [0, 0.1) is 0 Å². The summed E-state index contributed by atoms with van der Waals surface area (Å²) in [6.45, 7) is -0.247. The fourth-order valence-electron chi connectivity index (χ4n) is 4.72. The molecule has 5 rings (SSSR count). The molecule has 1 atom stereocenters. The molecule has 1 unspecified atom stereocenters. The zero-order chi connectivity index (χ0) is 20.8. The summed E-state index contributed by atoms with van der Waals surface area (Å²) in [5.41, 5.74) is -4.88. The number of nitrogens with zero attached hydrogens (tertiary/aromatic N) is 1. The van der Waals surface area contributed by atoms with Gasteiger partial charge in [-0.15, -0.1) is 0 Å². The molecule has 0 bridgehead atoms. The first-order valence-electron chi connectivity index (χ1n) is 8.78. The summed E-state index contributed by atoms with van der Waals surface area (Å²) in [4.78, 5) is 15.9. The summed E-state index contributed by atoms with van der Waals surface area (Å²) >= 11 is 0. The Hall–Kier alpha value is -2.97. The van der Waals surface area contributed by atoms with Gasteiger partial charge in [0, 0.05) is 23.1 Å². The molecule has 1 aromatic heterocycles. The SMILES string of the molecule is O=C1c2ccccc2C2(C(F)(F)F)c3[nH]c4c(C(F)(F)F)cccc4c3CCN12. The van der Waals surface area contributed by atoms with Crippen molar-refractivity contribution in [3.05, 3.63) is 70.4 Å². The van der Waals surface area contributed by atoms with E-state index in [1.807, 2.05) is 0 Å². The topological polar surface area (TPSA) is 36.1 Å². The van der Waals surface area contributed by atoms with Crippen molar-refractivity contribution in [3.8, 4) is 0 Å². The predicted octanol–water partition coefficient (Wildman–Crippen LogP) is 5.00. The molecular weight excluding hydrogens is 398 g/mol. The minimum atomic E-state index is -4.94. The van der Waals surface area contributed by atoms with Crippen LogP contribution in [0.25, 0.3) is 10.9 Å². The number of H-pyrrole nitrogens is 1. The monoisotopic (exact) mass is 410 g/mol. The maximum Gasteiger partial charge on any atom is 0.421 e. The van der Waals surface area contributed by atoms with Gasteiger partial charge in [0.15, 0.2) is 0 Å². The van der Waals surface area contributed by atoms with Gasteiger partial charge in [-0.2, -0.15) is 26.3 Å². The average molecular weight is 410 g/mol. The van der Waals surface area contributed by atoms with E-state index in [1.54, 1.807) is 0 Å². The summed E-state index contributed by atoms with van der Waals surface area (Å²) in [5, 5.41) is 0.0925. The van der Waals surface area contributed by atoms with E-state index in [9.17, 15) is 31.1 Å². The molecule has 9 heteroatoms. The highest BCUT2D eigenvalue weighted by Crippen LogP contribution is 2.57. The highest BCUT2D eigenvalue weighted by Gasteiger charge is 2.69. The molecule has 2 aromatic carbocycles. The summed E-state index contributed by atoms with van der Waals surface area (Å²) in [5.74, 6) is -0.779. The zero-order valence-corrected chi connectivity index (χ0v) is 14.6. The van der Waals surface area contributed by atoms with Crippen LogP contribution in [-0.4, -0.2) is 28.5 Å². The van der Waals surface area contributed by atoms with Gasteiger partial charge in [0.25, 0.3) is 5.91 Å². The molecule has 2 aliphatic heterocycles. The molecule has 0 spiro atoms. The Morgan fingerprint density at radius 2 is 1.69 bits per heavy atom. The normalized spacial score (nSPS) is 21.3. The number of aromatic amines is 1. The highest BCUT2D eigenvalue weighted by molar-refractivity contribution is 6.02. The maximum absolute atomic E-state index is 14.6. The molecule has 2 aliphatic rings. The van der Waals surface area contributed by atoms with Crippen molar-refractivity contribution in [3.63, 3.8) is 0 Å². The third kappa shape index (κ3) is 2.07. The molecule has 0 saturated heterocycles. The van der Waals surface area contributed by atoms with E-state index in [2.05, 4.69) is 4.98 Å². The maximum atomic E-state index is 14.6. The summed E-state index contributed by atoms with van der Waals surface area (Å²) in [6.07, 6.45) is -9.65. The first-order valence-corrected chi connectivity index (χ1v) is 8.78. The first kappa shape index (κ1) is 18.1. The summed E-state index contributed by atoms with van der Waals surface area (Å²) < 4.78 is 84.4. The van der Waals surface area contributed by atoms with Crippen LogP contribution in [0.2, 0.25) is 0 Å². The van der Waals surface area contributed by atoms with E-state index in [-0.39, 0.29) is 35.0 Å². The van der Waals surface area contributed by atoms with E-state index < -0.39 is 40.6 Å². The molecule has 3 heterocycles. The minimum absolute atomic E-state index is 0.0220. The fraction of sp³-hybridized carbons (Fsp3) is 0.250. The van der Waals surface area contributed by atoms with Gasteiger partial charge >= 0.3 is 12.4 Å². The molecule has 0 radical (unpaired) electrons. The number of hydrogen-bond donors (Lipinski definition) is 1. The minimum Gasteiger partial charge on any atom is -0.355 e. The molecule has 3 aromatic rings. The summed E-state index contributed by atoms with van der Waals surface area (Å²) in [7, 11) is 0. The number of aromatic nitrogens is 1. The number of para-hydroxylation sites is 1. The lowest BCUT2D eigenvalue weighted by Crippen LogP contribution is -2.58. The number of hydrogen-bond acceptors (Lipinski definition) is 1. The van der Waals surface area contributed by atoms with Gasteiger partial charge in [-0.1, -0.05) is 30.3 Å². The number of nitrogens with one attached hydrogen (secondary N) is 1. The third-order valence-electron chi connectivity index (χ3n) is 5.80. The Balaban J connectivity index is 1.93. The Morgan fingerprint density at radius 1 is 0.966 bits per heavy atom. The molecule has 3 nitrogen and oxygen atoms in total. The van der Waals surface area contributed by atoms with Crippen molar-refractivity contribution in [1.29, 1.82) is 0 Å². The van der Waals surface area contributed by atoms with Gasteiger partial charge < -0.3 is 9.88 Å². The average Bonchev–Trinajstić information content (AvgIpc) is 3.15. The third-order valence-corrected chi connectivity index (χ3v) is 5.80. The zero-order valence-electron chi connectivity index (χ0n) is 14.6. The largest absolute Gasteiger partial charge is 0.421 e. The smallest absolute Gasteiger partial charge is 0.355 e. The van der Waals surface area contributed by atoms with Gasteiger partial charge in [-0.3, -0.25) is 4.79 Å². The Labute approximate surface area is 159 Å². The number of halogens is 6. The second-order valence-corrected chi connectivity index (χ2v) is 7.16. The van der Waals surface area contributed by atoms with E-state index in [0.717, 1.165) is 11.0 Å². The van der Waals surface area contributed by atoms with Gasteiger partial charge in [0.2, 0.25) is 5.54 Å². The number of fused-ring (bicyclic) bond motifs is 7. The highest BCUT2D eigenvalue weighted by atomic mass is 19.4. The number of carbonyl (C=O) groups is 1. The quantitative estimate of drug-likeness (QED) is 0.520. The Bertz CT molecular complexity index is 1180. The number of carbonyl (C=O) groups excluding carboxylic acids is 1. The fourth-order valence-corrected chi connectivity index (χ4v) is 4.72. The van der Waals surface area contributed by atoms with Gasteiger partial charge in [0.05, 0.1) is 16.8 Å². The van der Waals surface area contributed by atoms with Crippen LogP contribution in [-0.2, 0) is 18.1 Å².